The van der Waals surface area contributed by atoms with E-state index in [1.165, 1.54) is 0 Å². The van der Waals surface area contributed by atoms with Crippen LogP contribution in [0.25, 0.3) is 0 Å². The first-order chi connectivity index (χ1) is 14.4. The summed E-state index contributed by atoms with van der Waals surface area (Å²) in [6.07, 6.45) is 1.58. The molecule has 1 N–H and O–H groups in total. The number of carbonyl (C=O) groups excluding carboxylic acids is 1. The molecule has 30 heavy (non-hydrogen) atoms. The van der Waals surface area contributed by atoms with Gasteiger partial charge in [-0.3, -0.25) is 9.69 Å². The summed E-state index contributed by atoms with van der Waals surface area (Å²) >= 11 is 0. The number of benzene rings is 1. The van der Waals surface area contributed by atoms with E-state index in [1.54, 1.807) is 18.2 Å². The lowest BCUT2D eigenvalue weighted by atomic mass is 9.93. The molecule has 0 bridgehead atoms. The molecule has 1 fully saturated rings. The van der Waals surface area contributed by atoms with Gasteiger partial charge in [0.25, 0.3) is 0 Å². The normalized spacial score (nSPS) is 19.7. The summed E-state index contributed by atoms with van der Waals surface area (Å²) in [7, 11) is 0. The van der Waals surface area contributed by atoms with Crippen molar-refractivity contribution >= 4 is 11.6 Å². The summed E-state index contributed by atoms with van der Waals surface area (Å²) in [6.45, 7) is 8.07. The smallest absolute Gasteiger partial charge is 0.170 e. The van der Waals surface area contributed by atoms with Gasteiger partial charge < -0.3 is 19.5 Å². The van der Waals surface area contributed by atoms with Gasteiger partial charge in [-0.05, 0) is 38.1 Å². The van der Waals surface area contributed by atoms with E-state index in [4.69, 9.17) is 9.47 Å². The molecular weight excluding hydrogens is 382 g/mol. The van der Waals surface area contributed by atoms with Gasteiger partial charge in [0.15, 0.2) is 5.78 Å². The van der Waals surface area contributed by atoms with E-state index < -0.39 is 11.7 Å². The van der Waals surface area contributed by atoms with Gasteiger partial charge >= 0.3 is 0 Å². The Morgan fingerprint density at radius 3 is 2.73 bits per heavy atom. The average molecular weight is 412 g/mol. The largest absolute Gasteiger partial charge is 0.491 e. The SMILES string of the molecule is CC1(C)CC(=O)c2ccc(OCC(O)CN3CCN(c4ccccn4)CC3)cc2O1. The van der Waals surface area contributed by atoms with Gasteiger partial charge in [-0.25, -0.2) is 4.98 Å². The topological polar surface area (TPSA) is 75.1 Å². The minimum absolute atomic E-state index is 0.0812. The molecule has 3 heterocycles. The van der Waals surface area contributed by atoms with Gasteiger partial charge in [-0.15, -0.1) is 0 Å². The van der Waals surface area contributed by atoms with Crippen LogP contribution < -0.4 is 14.4 Å². The number of pyridine rings is 1. The Hall–Kier alpha value is -2.64. The van der Waals surface area contributed by atoms with Crippen molar-refractivity contribution < 1.29 is 19.4 Å². The molecule has 1 atom stereocenters. The number of ketones is 1. The summed E-state index contributed by atoms with van der Waals surface area (Å²) in [5.74, 6) is 2.22. The quantitative estimate of drug-likeness (QED) is 0.782. The third-order valence-electron chi connectivity index (χ3n) is 5.48. The molecule has 1 aromatic heterocycles. The summed E-state index contributed by atoms with van der Waals surface area (Å²) in [4.78, 5) is 21.1. The van der Waals surface area contributed by atoms with Gasteiger partial charge in [0, 0.05) is 45.0 Å². The van der Waals surface area contributed by atoms with Crippen LogP contribution in [0.1, 0.15) is 30.6 Å². The van der Waals surface area contributed by atoms with Crippen molar-refractivity contribution in [2.75, 3.05) is 44.2 Å². The molecule has 2 aromatic rings. The van der Waals surface area contributed by atoms with Crippen LogP contribution in [0.5, 0.6) is 11.5 Å². The van der Waals surface area contributed by atoms with Crippen LogP contribution >= 0.6 is 0 Å². The lowest BCUT2D eigenvalue weighted by molar-refractivity contribution is 0.0596. The van der Waals surface area contributed by atoms with E-state index in [-0.39, 0.29) is 12.4 Å². The maximum atomic E-state index is 12.2. The Labute approximate surface area is 177 Å². The lowest BCUT2D eigenvalue weighted by Gasteiger charge is -2.36. The Bertz CT molecular complexity index is 879. The van der Waals surface area contributed by atoms with Crippen molar-refractivity contribution in [3.8, 4) is 11.5 Å². The van der Waals surface area contributed by atoms with Crippen molar-refractivity contribution in [1.82, 2.24) is 9.88 Å². The number of β-amino-alcohol motifs (C(OH)–C–C–N with tert-alkyl or cyclic N) is 1. The van der Waals surface area contributed by atoms with Crippen LogP contribution in [0.4, 0.5) is 5.82 Å². The minimum atomic E-state index is -0.596. The Morgan fingerprint density at radius 1 is 1.20 bits per heavy atom. The highest BCUT2D eigenvalue weighted by Gasteiger charge is 2.32. The molecule has 4 rings (SSSR count). The number of carbonyl (C=O) groups is 1. The van der Waals surface area contributed by atoms with Crippen molar-refractivity contribution in [2.24, 2.45) is 0 Å². The number of aliphatic hydroxyl groups excluding tert-OH is 1. The van der Waals surface area contributed by atoms with Crippen molar-refractivity contribution in [1.29, 1.82) is 0 Å². The second kappa shape index (κ2) is 8.62. The number of ether oxygens (including phenoxy) is 2. The number of Topliss-reactive ketones (excluding diaryl/α,β-unsaturated/α-hetero) is 1. The number of anilines is 1. The van der Waals surface area contributed by atoms with Crippen LogP contribution in [0, 0.1) is 0 Å². The fraction of sp³-hybridized carbons (Fsp3) is 0.478. The van der Waals surface area contributed by atoms with E-state index in [2.05, 4.69) is 14.8 Å². The summed E-state index contributed by atoms with van der Waals surface area (Å²) in [5, 5.41) is 10.4. The van der Waals surface area contributed by atoms with Crippen molar-refractivity contribution in [2.45, 2.75) is 32.0 Å². The zero-order valence-electron chi connectivity index (χ0n) is 17.6. The molecule has 1 unspecified atom stereocenters. The molecule has 0 amide bonds. The van der Waals surface area contributed by atoms with E-state index in [9.17, 15) is 9.90 Å². The number of fused-ring (bicyclic) bond motifs is 1. The zero-order valence-corrected chi connectivity index (χ0v) is 17.6. The molecule has 0 spiro atoms. The third-order valence-corrected chi connectivity index (χ3v) is 5.48. The molecule has 0 aliphatic carbocycles. The standard InChI is InChI=1S/C23H29N3O4/c1-23(2)14-20(28)19-7-6-18(13-21(19)30-23)29-16-17(27)15-25-9-11-26(12-10-25)22-5-3-4-8-24-22/h3-8,13,17,27H,9-12,14-16H2,1-2H3. The molecule has 0 saturated carbocycles. The molecule has 2 aliphatic rings. The summed E-state index contributed by atoms with van der Waals surface area (Å²) in [6, 6.07) is 11.2. The predicted octanol–water partition coefficient (Wildman–Crippen LogP) is 2.39. The van der Waals surface area contributed by atoms with Crippen molar-refractivity contribution in [3.63, 3.8) is 0 Å². The van der Waals surface area contributed by atoms with E-state index in [0.29, 0.717) is 30.0 Å². The summed E-state index contributed by atoms with van der Waals surface area (Å²) < 4.78 is 11.7. The van der Waals surface area contributed by atoms with Gasteiger partial charge in [0.05, 0.1) is 12.0 Å². The first-order valence-electron chi connectivity index (χ1n) is 10.5. The number of piperazine rings is 1. The Morgan fingerprint density at radius 2 is 2.00 bits per heavy atom. The highest BCUT2D eigenvalue weighted by atomic mass is 16.5. The maximum Gasteiger partial charge on any atom is 0.170 e. The lowest BCUT2D eigenvalue weighted by Crippen LogP contribution is -2.49. The minimum Gasteiger partial charge on any atom is -0.491 e. The number of aliphatic hydroxyl groups is 1. The van der Waals surface area contributed by atoms with Crippen molar-refractivity contribution in [3.05, 3.63) is 48.2 Å². The first kappa shape index (κ1) is 20.6. The first-order valence-corrected chi connectivity index (χ1v) is 10.5. The molecule has 160 valence electrons. The molecule has 0 radical (unpaired) electrons. The number of hydrogen-bond donors (Lipinski definition) is 1. The van der Waals surface area contributed by atoms with Crippen LogP contribution in [-0.2, 0) is 0 Å². The maximum absolute atomic E-state index is 12.2. The van der Waals surface area contributed by atoms with Gasteiger partial charge in [0.1, 0.15) is 35.6 Å². The van der Waals surface area contributed by atoms with Gasteiger partial charge in [-0.2, -0.15) is 0 Å². The number of nitrogens with zero attached hydrogens (tertiary/aromatic N) is 3. The number of rotatable bonds is 6. The second-order valence-electron chi connectivity index (χ2n) is 8.56. The Balaban J connectivity index is 1.26. The number of aromatic nitrogens is 1. The Kier molecular flexibility index (Phi) is 5.92. The molecule has 7 nitrogen and oxygen atoms in total. The monoisotopic (exact) mass is 411 g/mol. The molecule has 1 aromatic carbocycles. The molecular formula is C23H29N3O4. The fourth-order valence-electron chi connectivity index (χ4n) is 3.97. The summed E-state index contributed by atoms with van der Waals surface area (Å²) in [5.41, 5.74) is 0.0765. The fourth-order valence-corrected chi connectivity index (χ4v) is 3.97. The highest BCUT2D eigenvalue weighted by molar-refractivity contribution is 6.00. The zero-order chi connectivity index (χ0) is 21.1. The molecule has 1 saturated heterocycles. The van der Waals surface area contributed by atoms with Gasteiger partial charge in [-0.1, -0.05) is 6.07 Å². The molecule has 7 heteroatoms. The number of hydrogen-bond acceptors (Lipinski definition) is 7. The third kappa shape index (κ3) is 4.91. The van der Waals surface area contributed by atoms with Crippen LogP contribution in [-0.4, -0.2) is 71.8 Å². The van der Waals surface area contributed by atoms with Crippen LogP contribution in [0.3, 0.4) is 0 Å². The van der Waals surface area contributed by atoms with E-state index in [0.717, 1.165) is 32.0 Å². The van der Waals surface area contributed by atoms with Gasteiger partial charge in [0.2, 0.25) is 0 Å². The van der Waals surface area contributed by atoms with Crippen LogP contribution in [0.15, 0.2) is 42.6 Å². The second-order valence-corrected chi connectivity index (χ2v) is 8.56. The van der Waals surface area contributed by atoms with Crippen LogP contribution in [0.2, 0.25) is 0 Å². The predicted molar refractivity (Wildman–Crippen MR) is 114 cm³/mol. The van der Waals surface area contributed by atoms with E-state index >= 15 is 0 Å². The highest BCUT2D eigenvalue weighted by Crippen LogP contribution is 2.35. The van der Waals surface area contributed by atoms with E-state index in [1.807, 2.05) is 38.2 Å². The molecule has 2 aliphatic heterocycles. The average Bonchev–Trinajstić information content (AvgIpc) is 2.72.